The molecule has 0 aliphatic heterocycles. The normalized spacial score (nSPS) is 11.7. The third-order valence-electron chi connectivity index (χ3n) is 1.86. The first kappa shape index (κ1) is 11.5. The highest BCUT2D eigenvalue weighted by molar-refractivity contribution is 6.31. The van der Waals surface area contributed by atoms with E-state index in [1.807, 2.05) is 24.3 Å². The van der Waals surface area contributed by atoms with E-state index < -0.39 is 0 Å². The van der Waals surface area contributed by atoms with Gasteiger partial charge in [0.25, 0.3) is 0 Å². The van der Waals surface area contributed by atoms with E-state index in [1.54, 1.807) is 0 Å². The average molecular weight is 213 g/mol. The Labute approximate surface area is 91.0 Å². The van der Waals surface area contributed by atoms with Crippen LogP contribution in [0.15, 0.2) is 24.3 Å². The van der Waals surface area contributed by atoms with E-state index in [2.05, 4.69) is 20.8 Å². The molecule has 1 aromatic carbocycles. The van der Waals surface area contributed by atoms with Crippen molar-refractivity contribution in [1.82, 2.24) is 0 Å². The number of hydrogen-bond acceptors (Lipinski definition) is 1. The van der Waals surface area contributed by atoms with Crippen LogP contribution in [0.4, 0.5) is 0 Å². The zero-order valence-electron chi connectivity index (χ0n) is 9.01. The fraction of sp³-hybridized carbons (Fsp3) is 0.500. The Morgan fingerprint density at radius 2 is 1.86 bits per heavy atom. The van der Waals surface area contributed by atoms with Crippen molar-refractivity contribution in [1.29, 1.82) is 0 Å². The first-order valence-corrected chi connectivity index (χ1v) is 5.24. The van der Waals surface area contributed by atoms with Crippen LogP contribution in [0.2, 0.25) is 5.02 Å². The van der Waals surface area contributed by atoms with Crippen LogP contribution >= 0.6 is 11.6 Å². The molecule has 0 aromatic heterocycles. The summed E-state index contributed by atoms with van der Waals surface area (Å²) in [6, 6.07) is 7.89. The highest BCUT2D eigenvalue weighted by Gasteiger charge is 2.09. The second-order valence-corrected chi connectivity index (χ2v) is 4.71. The predicted octanol–water partition coefficient (Wildman–Crippen LogP) is 3.70. The molecule has 1 rings (SSSR count). The van der Waals surface area contributed by atoms with E-state index in [-0.39, 0.29) is 5.60 Å². The molecule has 0 unspecified atom stereocenters. The Balaban J connectivity index is 2.43. The molecule has 0 N–H and O–H groups in total. The molecule has 0 aliphatic carbocycles. The van der Waals surface area contributed by atoms with Crippen molar-refractivity contribution in [3.63, 3.8) is 0 Å². The third kappa shape index (κ3) is 4.12. The van der Waals surface area contributed by atoms with Crippen LogP contribution in [0.3, 0.4) is 0 Å². The molecule has 0 amide bonds. The summed E-state index contributed by atoms with van der Waals surface area (Å²) >= 11 is 6.02. The lowest BCUT2D eigenvalue weighted by Gasteiger charge is -2.19. The molecular formula is C12H17ClO. The summed E-state index contributed by atoms with van der Waals surface area (Å²) in [6.07, 6.45) is 0.872. The number of rotatable bonds is 3. The lowest BCUT2D eigenvalue weighted by Crippen LogP contribution is -2.20. The minimum atomic E-state index is -0.0682. The largest absolute Gasteiger partial charge is 0.376 e. The Hall–Kier alpha value is -0.530. The molecule has 0 saturated heterocycles. The van der Waals surface area contributed by atoms with Gasteiger partial charge in [-0.2, -0.15) is 0 Å². The number of ether oxygens (including phenoxy) is 1. The molecule has 78 valence electrons. The van der Waals surface area contributed by atoms with E-state index in [9.17, 15) is 0 Å². The summed E-state index contributed by atoms with van der Waals surface area (Å²) in [4.78, 5) is 0. The maximum atomic E-state index is 6.02. The van der Waals surface area contributed by atoms with Crippen molar-refractivity contribution in [2.45, 2.75) is 32.8 Å². The summed E-state index contributed by atoms with van der Waals surface area (Å²) in [5.74, 6) is 0. The van der Waals surface area contributed by atoms with Gasteiger partial charge in [0.15, 0.2) is 0 Å². The fourth-order valence-corrected chi connectivity index (χ4v) is 1.40. The van der Waals surface area contributed by atoms with Gasteiger partial charge in [0, 0.05) is 5.02 Å². The van der Waals surface area contributed by atoms with Gasteiger partial charge in [0.1, 0.15) is 0 Å². The summed E-state index contributed by atoms with van der Waals surface area (Å²) < 4.78 is 5.63. The van der Waals surface area contributed by atoms with Crippen LogP contribution in [-0.2, 0) is 11.2 Å². The van der Waals surface area contributed by atoms with Crippen LogP contribution < -0.4 is 0 Å². The fourth-order valence-electron chi connectivity index (χ4n) is 1.17. The van der Waals surface area contributed by atoms with Gasteiger partial charge < -0.3 is 4.74 Å². The quantitative estimate of drug-likeness (QED) is 0.743. The molecule has 0 heterocycles. The molecule has 14 heavy (non-hydrogen) atoms. The Bertz CT molecular complexity index is 289. The highest BCUT2D eigenvalue weighted by Crippen LogP contribution is 2.16. The molecule has 2 heteroatoms. The van der Waals surface area contributed by atoms with Gasteiger partial charge in [-0.25, -0.2) is 0 Å². The summed E-state index contributed by atoms with van der Waals surface area (Å²) in [7, 11) is 0. The summed E-state index contributed by atoms with van der Waals surface area (Å²) in [5, 5.41) is 0.824. The van der Waals surface area contributed by atoms with Gasteiger partial charge in [-0.15, -0.1) is 0 Å². The van der Waals surface area contributed by atoms with Crippen molar-refractivity contribution >= 4 is 11.6 Å². The molecular weight excluding hydrogens is 196 g/mol. The minimum absolute atomic E-state index is 0.0682. The van der Waals surface area contributed by atoms with Gasteiger partial charge >= 0.3 is 0 Å². The van der Waals surface area contributed by atoms with E-state index in [4.69, 9.17) is 16.3 Å². The maximum absolute atomic E-state index is 6.02. The SMILES string of the molecule is CC(C)(C)OCCc1ccccc1Cl. The van der Waals surface area contributed by atoms with Crippen molar-refractivity contribution < 1.29 is 4.74 Å². The molecule has 0 aliphatic rings. The molecule has 1 aromatic rings. The van der Waals surface area contributed by atoms with Crippen LogP contribution in [0.25, 0.3) is 0 Å². The maximum Gasteiger partial charge on any atom is 0.0598 e. The second kappa shape index (κ2) is 4.81. The topological polar surface area (TPSA) is 9.23 Å². The first-order chi connectivity index (χ1) is 6.49. The van der Waals surface area contributed by atoms with Gasteiger partial charge in [0.2, 0.25) is 0 Å². The van der Waals surface area contributed by atoms with E-state index in [0.29, 0.717) is 6.61 Å². The molecule has 0 fully saturated rings. The van der Waals surface area contributed by atoms with Crippen molar-refractivity contribution in [2.75, 3.05) is 6.61 Å². The first-order valence-electron chi connectivity index (χ1n) is 4.86. The number of halogens is 1. The van der Waals surface area contributed by atoms with Gasteiger partial charge in [-0.05, 0) is 38.8 Å². The Kier molecular flexibility index (Phi) is 3.97. The second-order valence-electron chi connectivity index (χ2n) is 4.30. The summed E-state index contributed by atoms with van der Waals surface area (Å²) in [5.41, 5.74) is 1.08. The van der Waals surface area contributed by atoms with Crippen molar-refractivity contribution in [3.05, 3.63) is 34.9 Å². The zero-order chi connectivity index (χ0) is 10.6. The minimum Gasteiger partial charge on any atom is -0.376 e. The van der Waals surface area contributed by atoms with Crippen LogP contribution in [-0.4, -0.2) is 12.2 Å². The molecule has 0 spiro atoms. The molecule has 0 saturated carbocycles. The third-order valence-corrected chi connectivity index (χ3v) is 2.23. The number of benzene rings is 1. The predicted molar refractivity (Wildman–Crippen MR) is 60.9 cm³/mol. The zero-order valence-corrected chi connectivity index (χ0v) is 9.77. The number of hydrogen-bond donors (Lipinski definition) is 0. The van der Waals surface area contributed by atoms with Crippen molar-refractivity contribution in [3.8, 4) is 0 Å². The van der Waals surface area contributed by atoms with Crippen LogP contribution in [0, 0.1) is 0 Å². The van der Waals surface area contributed by atoms with Crippen LogP contribution in [0.5, 0.6) is 0 Å². The Morgan fingerprint density at radius 1 is 1.21 bits per heavy atom. The molecule has 0 bridgehead atoms. The van der Waals surface area contributed by atoms with Crippen LogP contribution in [0.1, 0.15) is 26.3 Å². The lowest BCUT2D eigenvalue weighted by molar-refractivity contribution is -0.000971. The van der Waals surface area contributed by atoms with Gasteiger partial charge in [-0.3, -0.25) is 0 Å². The van der Waals surface area contributed by atoms with Crippen molar-refractivity contribution in [2.24, 2.45) is 0 Å². The van der Waals surface area contributed by atoms with E-state index in [0.717, 1.165) is 17.0 Å². The Morgan fingerprint density at radius 3 is 2.43 bits per heavy atom. The molecule has 0 atom stereocenters. The highest BCUT2D eigenvalue weighted by atomic mass is 35.5. The lowest BCUT2D eigenvalue weighted by atomic mass is 10.1. The summed E-state index contributed by atoms with van der Waals surface area (Å²) in [6.45, 7) is 6.88. The van der Waals surface area contributed by atoms with Gasteiger partial charge in [-0.1, -0.05) is 29.8 Å². The van der Waals surface area contributed by atoms with Gasteiger partial charge in [0.05, 0.1) is 12.2 Å². The molecule has 1 nitrogen and oxygen atoms in total. The van der Waals surface area contributed by atoms with E-state index in [1.165, 1.54) is 0 Å². The molecule has 0 radical (unpaired) electrons. The smallest absolute Gasteiger partial charge is 0.0598 e. The average Bonchev–Trinajstić information content (AvgIpc) is 2.06. The van der Waals surface area contributed by atoms with E-state index >= 15 is 0 Å². The monoisotopic (exact) mass is 212 g/mol. The standard InChI is InChI=1S/C12H17ClO/c1-12(2,3)14-9-8-10-6-4-5-7-11(10)13/h4-7H,8-9H2,1-3H3.